The van der Waals surface area contributed by atoms with Crippen molar-refractivity contribution in [2.24, 2.45) is 7.05 Å². The Kier molecular flexibility index (Phi) is 4.04. The Hall–Kier alpha value is -3.00. The highest BCUT2D eigenvalue weighted by atomic mass is 15.0. The molecule has 26 heavy (non-hydrogen) atoms. The molecule has 2 nitrogen and oxygen atoms in total. The quantitative estimate of drug-likeness (QED) is 0.474. The summed E-state index contributed by atoms with van der Waals surface area (Å²) >= 11 is 0. The maximum atomic E-state index is 2.32. The molecule has 4 rings (SSSR count). The second-order valence-corrected chi connectivity index (χ2v) is 6.96. The molecule has 0 aliphatic rings. The molecule has 0 N–H and O–H groups in total. The molecule has 0 fully saturated rings. The van der Waals surface area contributed by atoms with Crippen LogP contribution in [0.25, 0.3) is 27.8 Å². The highest BCUT2D eigenvalue weighted by Gasteiger charge is 2.23. The summed E-state index contributed by atoms with van der Waals surface area (Å²) in [4.78, 5) is 0. The van der Waals surface area contributed by atoms with Crippen LogP contribution < -0.4 is 9.13 Å². The minimum atomic E-state index is 1.23. The van der Waals surface area contributed by atoms with E-state index in [2.05, 4.69) is 110 Å². The first-order valence-electron chi connectivity index (χ1n) is 9.04. The van der Waals surface area contributed by atoms with Crippen LogP contribution in [0.15, 0.2) is 72.9 Å². The smallest absolute Gasteiger partial charge is 0.194 e. The summed E-state index contributed by atoms with van der Waals surface area (Å²) in [7, 11) is 2.16. The molecule has 2 aromatic heterocycles. The normalized spacial score (nSPS) is 11.1. The van der Waals surface area contributed by atoms with Crippen molar-refractivity contribution in [1.82, 2.24) is 0 Å². The Morgan fingerprint density at radius 2 is 1.54 bits per heavy atom. The van der Waals surface area contributed by atoms with Gasteiger partial charge in [0.1, 0.15) is 7.05 Å². The molecule has 2 heterocycles. The number of nitrogens with zero attached hydrogens (tertiary/aromatic N) is 2. The van der Waals surface area contributed by atoms with Gasteiger partial charge in [-0.25, -0.2) is 0 Å². The predicted molar refractivity (Wildman–Crippen MR) is 106 cm³/mol. The van der Waals surface area contributed by atoms with E-state index in [0.29, 0.717) is 0 Å². The molecule has 2 heteroatoms. The molecule has 4 aromatic rings. The zero-order chi connectivity index (χ0) is 18.3. The number of para-hydroxylation sites is 1. The SMILES string of the molecule is Cc1cc2ccccc2[n+](C)c1-c1cccc(-[n+]2ccccc2C)c1C. The number of fused-ring (bicyclic) bond motifs is 1. The van der Waals surface area contributed by atoms with Crippen molar-refractivity contribution in [1.29, 1.82) is 0 Å². The Morgan fingerprint density at radius 3 is 2.35 bits per heavy atom. The molecule has 2 aromatic carbocycles. The molecular formula is C24H24N2+2. The van der Waals surface area contributed by atoms with Crippen molar-refractivity contribution in [2.75, 3.05) is 0 Å². The standard InChI is InChI=1S/C24H24N2/c1-17-16-20-11-5-6-13-23(20)25(4)24(17)21-12-9-14-22(19(21)3)26-15-8-7-10-18(26)2/h5-16H,1-4H3/q+2. The minimum Gasteiger partial charge on any atom is -0.194 e. The summed E-state index contributed by atoms with van der Waals surface area (Å²) in [6.45, 7) is 6.57. The summed E-state index contributed by atoms with van der Waals surface area (Å²) in [6, 6.07) is 23.8. The zero-order valence-electron chi connectivity index (χ0n) is 15.8. The number of hydrogen-bond donors (Lipinski definition) is 0. The third kappa shape index (κ3) is 2.59. The van der Waals surface area contributed by atoms with Gasteiger partial charge in [-0.1, -0.05) is 24.3 Å². The van der Waals surface area contributed by atoms with Crippen LogP contribution in [-0.4, -0.2) is 0 Å². The fourth-order valence-electron chi connectivity index (χ4n) is 3.93. The number of hydrogen-bond acceptors (Lipinski definition) is 0. The summed E-state index contributed by atoms with van der Waals surface area (Å²) < 4.78 is 4.58. The first kappa shape index (κ1) is 16.5. The van der Waals surface area contributed by atoms with Crippen molar-refractivity contribution < 1.29 is 9.13 Å². The van der Waals surface area contributed by atoms with E-state index in [1.165, 1.54) is 44.7 Å². The average Bonchev–Trinajstić information content (AvgIpc) is 2.64. The van der Waals surface area contributed by atoms with E-state index in [1.54, 1.807) is 0 Å². The van der Waals surface area contributed by atoms with Gasteiger partial charge in [0.05, 0.1) is 5.56 Å². The fraction of sp³-hybridized carbons (Fsp3) is 0.167. The van der Waals surface area contributed by atoms with Gasteiger partial charge in [0.25, 0.3) is 0 Å². The topological polar surface area (TPSA) is 7.76 Å². The van der Waals surface area contributed by atoms with Crippen LogP contribution >= 0.6 is 0 Å². The number of aromatic nitrogens is 2. The van der Waals surface area contributed by atoms with Crippen LogP contribution in [0.5, 0.6) is 0 Å². The molecule has 0 atom stereocenters. The summed E-state index contributed by atoms with van der Waals surface area (Å²) in [5, 5.41) is 1.28. The number of aryl methyl sites for hydroxylation is 3. The van der Waals surface area contributed by atoms with Crippen LogP contribution in [0.3, 0.4) is 0 Å². The number of pyridine rings is 2. The van der Waals surface area contributed by atoms with Crippen molar-refractivity contribution in [3.8, 4) is 16.9 Å². The molecule has 0 bridgehead atoms. The first-order chi connectivity index (χ1) is 12.6. The van der Waals surface area contributed by atoms with Crippen molar-refractivity contribution >= 4 is 10.9 Å². The van der Waals surface area contributed by atoms with E-state index in [-0.39, 0.29) is 0 Å². The summed E-state index contributed by atoms with van der Waals surface area (Å²) in [6.07, 6.45) is 2.13. The van der Waals surface area contributed by atoms with Crippen LogP contribution in [0.2, 0.25) is 0 Å². The highest BCUT2D eigenvalue weighted by molar-refractivity contribution is 5.80. The molecule has 0 saturated carbocycles. The lowest BCUT2D eigenvalue weighted by molar-refractivity contribution is -0.634. The molecule has 0 radical (unpaired) electrons. The van der Waals surface area contributed by atoms with Gasteiger partial charge in [0.15, 0.2) is 11.9 Å². The van der Waals surface area contributed by atoms with Crippen LogP contribution in [0.1, 0.15) is 16.8 Å². The van der Waals surface area contributed by atoms with Gasteiger partial charge in [0.2, 0.25) is 16.9 Å². The van der Waals surface area contributed by atoms with E-state index in [0.717, 1.165) is 0 Å². The van der Waals surface area contributed by atoms with Gasteiger partial charge in [-0.2, -0.15) is 9.13 Å². The van der Waals surface area contributed by atoms with Crippen molar-refractivity contribution in [3.63, 3.8) is 0 Å². The Balaban J connectivity index is 2.00. The van der Waals surface area contributed by atoms with Crippen molar-refractivity contribution in [2.45, 2.75) is 20.8 Å². The maximum Gasteiger partial charge on any atom is 0.216 e. The molecule has 0 amide bonds. The lowest BCUT2D eigenvalue weighted by Gasteiger charge is -2.11. The lowest BCUT2D eigenvalue weighted by atomic mass is 9.98. The van der Waals surface area contributed by atoms with Gasteiger partial charge in [-0.3, -0.25) is 0 Å². The second-order valence-electron chi connectivity index (χ2n) is 6.96. The van der Waals surface area contributed by atoms with E-state index in [9.17, 15) is 0 Å². The molecule has 0 saturated heterocycles. The van der Waals surface area contributed by atoms with Gasteiger partial charge in [-0.05, 0) is 32.0 Å². The highest BCUT2D eigenvalue weighted by Crippen LogP contribution is 2.28. The largest absolute Gasteiger partial charge is 0.216 e. The average molecular weight is 340 g/mol. The monoisotopic (exact) mass is 340 g/mol. The van der Waals surface area contributed by atoms with Gasteiger partial charge in [0, 0.05) is 47.7 Å². The summed E-state index contributed by atoms with van der Waals surface area (Å²) in [5.74, 6) is 0. The van der Waals surface area contributed by atoms with E-state index in [4.69, 9.17) is 0 Å². The van der Waals surface area contributed by atoms with Crippen molar-refractivity contribution in [3.05, 3.63) is 89.7 Å². The molecule has 0 aliphatic heterocycles. The second kappa shape index (κ2) is 6.38. The lowest BCUT2D eigenvalue weighted by Crippen LogP contribution is -2.36. The minimum absolute atomic E-state index is 1.23. The molecular weight excluding hydrogens is 316 g/mol. The van der Waals surface area contributed by atoms with Gasteiger partial charge >= 0.3 is 0 Å². The number of rotatable bonds is 2. The Bertz CT molecular complexity index is 1130. The Morgan fingerprint density at radius 1 is 0.769 bits per heavy atom. The molecule has 0 spiro atoms. The van der Waals surface area contributed by atoms with Crippen LogP contribution in [0.4, 0.5) is 0 Å². The third-order valence-corrected chi connectivity index (χ3v) is 5.26. The maximum absolute atomic E-state index is 2.32. The van der Waals surface area contributed by atoms with Crippen LogP contribution in [-0.2, 0) is 7.05 Å². The van der Waals surface area contributed by atoms with E-state index >= 15 is 0 Å². The van der Waals surface area contributed by atoms with Gasteiger partial charge < -0.3 is 0 Å². The third-order valence-electron chi connectivity index (χ3n) is 5.26. The number of benzene rings is 2. The Labute approximate surface area is 155 Å². The molecule has 0 unspecified atom stereocenters. The zero-order valence-corrected chi connectivity index (χ0v) is 15.8. The molecule has 128 valence electrons. The van der Waals surface area contributed by atoms with E-state index in [1.807, 2.05) is 0 Å². The molecule has 0 aliphatic carbocycles. The van der Waals surface area contributed by atoms with E-state index < -0.39 is 0 Å². The van der Waals surface area contributed by atoms with Crippen LogP contribution in [0, 0.1) is 20.8 Å². The first-order valence-corrected chi connectivity index (χ1v) is 9.04. The predicted octanol–water partition coefficient (Wildman–Crippen LogP) is 4.53. The fourth-order valence-corrected chi connectivity index (χ4v) is 3.93. The summed E-state index contributed by atoms with van der Waals surface area (Å²) in [5.41, 5.74) is 8.85. The van der Waals surface area contributed by atoms with Gasteiger partial charge in [-0.15, -0.1) is 0 Å².